The normalized spacial score (nSPS) is 26.1. The minimum absolute atomic E-state index is 0.0584. The van der Waals surface area contributed by atoms with Crippen molar-refractivity contribution in [2.45, 2.75) is 38.5 Å². The zero-order valence-electron chi connectivity index (χ0n) is 11.2. The van der Waals surface area contributed by atoms with E-state index in [2.05, 4.69) is 12.1 Å². The molecular formula is C15H18N2O2. The summed E-state index contributed by atoms with van der Waals surface area (Å²) in [4.78, 5) is 11.7. The molecule has 1 atom stereocenters. The molecule has 1 unspecified atom stereocenters. The maximum Gasteiger partial charge on any atom is 0.333 e. The Balaban J connectivity index is 2.28. The molecule has 0 saturated heterocycles. The number of hydrogen-bond donors (Lipinski definition) is 0. The fourth-order valence-electron chi connectivity index (χ4n) is 3.44. The monoisotopic (exact) mass is 258 g/mol. The van der Waals surface area contributed by atoms with Gasteiger partial charge in [0.25, 0.3) is 0 Å². The Morgan fingerprint density at radius 3 is 2.47 bits per heavy atom. The molecule has 0 aliphatic heterocycles. The summed E-state index contributed by atoms with van der Waals surface area (Å²) in [7, 11) is 1.33. The quantitative estimate of drug-likeness (QED) is 0.714. The predicted octanol–water partition coefficient (Wildman–Crippen LogP) is 2.72. The van der Waals surface area contributed by atoms with Gasteiger partial charge in [-0.15, -0.1) is 0 Å². The molecular weight excluding hydrogens is 240 g/mol. The molecule has 2 rings (SSSR count). The lowest BCUT2D eigenvalue weighted by molar-refractivity contribution is -0.136. The molecule has 1 fully saturated rings. The van der Waals surface area contributed by atoms with E-state index in [1.807, 2.05) is 0 Å². The van der Waals surface area contributed by atoms with Crippen molar-refractivity contribution < 1.29 is 9.53 Å². The van der Waals surface area contributed by atoms with Crippen molar-refractivity contribution in [2.24, 2.45) is 17.3 Å². The van der Waals surface area contributed by atoms with Crippen LogP contribution in [0.1, 0.15) is 38.5 Å². The summed E-state index contributed by atoms with van der Waals surface area (Å²) in [5.41, 5.74) is -0.660. The number of allylic oxidation sites excluding steroid dienone is 1. The second kappa shape index (κ2) is 5.45. The number of carbonyl (C=O) groups excluding carboxylic acids is 1. The van der Waals surface area contributed by atoms with Gasteiger partial charge in [0.05, 0.1) is 19.2 Å². The summed E-state index contributed by atoms with van der Waals surface area (Å²) in [6, 6.07) is 4.28. The van der Waals surface area contributed by atoms with Gasteiger partial charge in [-0.25, -0.2) is 4.79 Å². The molecule has 1 saturated carbocycles. The van der Waals surface area contributed by atoms with Crippen LogP contribution in [0.25, 0.3) is 0 Å². The SMILES string of the molecule is COC(=O)C1=CC(C#N)(C#N)C(C2CCCCC2)C1. The first-order valence-electron chi connectivity index (χ1n) is 6.79. The molecule has 100 valence electrons. The predicted molar refractivity (Wildman–Crippen MR) is 68.4 cm³/mol. The van der Waals surface area contributed by atoms with E-state index in [4.69, 9.17) is 4.74 Å². The van der Waals surface area contributed by atoms with E-state index in [9.17, 15) is 15.3 Å². The number of nitriles is 2. The molecule has 0 spiro atoms. The third-order valence-corrected chi connectivity index (χ3v) is 4.46. The van der Waals surface area contributed by atoms with Crippen LogP contribution in [0.15, 0.2) is 11.6 Å². The van der Waals surface area contributed by atoms with Crippen LogP contribution in [0.4, 0.5) is 0 Å². The Morgan fingerprint density at radius 2 is 1.95 bits per heavy atom. The van der Waals surface area contributed by atoms with E-state index in [0.29, 0.717) is 17.9 Å². The van der Waals surface area contributed by atoms with Crippen molar-refractivity contribution in [1.29, 1.82) is 10.5 Å². The van der Waals surface area contributed by atoms with Gasteiger partial charge in [0, 0.05) is 11.5 Å². The van der Waals surface area contributed by atoms with Crippen molar-refractivity contribution in [3.63, 3.8) is 0 Å². The van der Waals surface area contributed by atoms with Gasteiger partial charge in [0.2, 0.25) is 0 Å². The van der Waals surface area contributed by atoms with Crippen molar-refractivity contribution in [3.8, 4) is 12.1 Å². The Kier molecular flexibility index (Phi) is 3.90. The van der Waals surface area contributed by atoms with E-state index in [1.54, 1.807) is 0 Å². The third-order valence-electron chi connectivity index (χ3n) is 4.46. The standard InChI is InChI=1S/C15H18N2O2/c1-19-14(18)12-7-13(11-5-3-2-4-6-11)15(8-12,9-16)10-17/h8,11,13H,2-7H2,1H3. The molecule has 2 aliphatic carbocycles. The fraction of sp³-hybridized carbons (Fsp3) is 0.667. The highest BCUT2D eigenvalue weighted by Gasteiger charge is 2.48. The topological polar surface area (TPSA) is 73.9 Å². The van der Waals surface area contributed by atoms with E-state index < -0.39 is 11.4 Å². The molecule has 0 bridgehead atoms. The first kappa shape index (κ1) is 13.6. The summed E-state index contributed by atoms with van der Waals surface area (Å²) < 4.78 is 4.73. The average Bonchev–Trinajstić information content (AvgIpc) is 2.87. The number of ether oxygens (including phenoxy) is 1. The van der Waals surface area contributed by atoms with Crippen LogP contribution < -0.4 is 0 Å². The van der Waals surface area contributed by atoms with Crippen LogP contribution in [0.2, 0.25) is 0 Å². The van der Waals surface area contributed by atoms with Gasteiger partial charge in [-0.2, -0.15) is 10.5 Å². The summed E-state index contributed by atoms with van der Waals surface area (Å²) >= 11 is 0. The molecule has 19 heavy (non-hydrogen) atoms. The molecule has 0 amide bonds. The zero-order chi connectivity index (χ0) is 13.9. The largest absolute Gasteiger partial charge is 0.466 e. The van der Waals surface area contributed by atoms with Crippen LogP contribution in [0.3, 0.4) is 0 Å². The van der Waals surface area contributed by atoms with Gasteiger partial charge in [0.15, 0.2) is 5.41 Å². The highest BCUT2D eigenvalue weighted by atomic mass is 16.5. The van der Waals surface area contributed by atoms with Gasteiger partial charge in [-0.3, -0.25) is 0 Å². The molecule has 0 radical (unpaired) electrons. The van der Waals surface area contributed by atoms with E-state index in [-0.39, 0.29) is 5.92 Å². The van der Waals surface area contributed by atoms with Gasteiger partial charge in [-0.05, 0) is 18.4 Å². The molecule has 0 N–H and O–H groups in total. The van der Waals surface area contributed by atoms with E-state index in [0.717, 1.165) is 25.7 Å². The molecule has 4 heteroatoms. The third kappa shape index (κ3) is 2.36. The molecule has 4 nitrogen and oxygen atoms in total. The van der Waals surface area contributed by atoms with Gasteiger partial charge in [-0.1, -0.05) is 32.1 Å². The van der Waals surface area contributed by atoms with Crippen LogP contribution in [-0.2, 0) is 9.53 Å². The minimum atomic E-state index is -1.15. The number of methoxy groups -OCH3 is 1. The number of nitrogens with zero attached hydrogens (tertiary/aromatic N) is 2. The summed E-state index contributed by atoms with van der Waals surface area (Å²) in [5, 5.41) is 18.8. The molecule has 2 aliphatic rings. The second-order valence-corrected chi connectivity index (χ2v) is 5.46. The minimum Gasteiger partial charge on any atom is -0.466 e. The second-order valence-electron chi connectivity index (χ2n) is 5.46. The maximum absolute atomic E-state index is 11.7. The van der Waals surface area contributed by atoms with Crippen molar-refractivity contribution in [1.82, 2.24) is 0 Å². The fourth-order valence-corrected chi connectivity index (χ4v) is 3.44. The van der Waals surface area contributed by atoms with Crippen molar-refractivity contribution in [3.05, 3.63) is 11.6 Å². The van der Waals surface area contributed by atoms with Crippen LogP contribution in [0, 0.1) is 39.9 Å². The Bertz CT molecular complexity index is 461. The first-order valence-corrected chi connectivity index (χ1v) is 6.79. The summed E-state index contributed by atoms with van der Waals surface area (Å²) in [6.07, 6.45) is 7.68. The van der Waals surface area contributed by atoms with Gasteiger partial charge >= 0.3 is 5.97 Å². The lowest BCUT2D eigenvalue weighted by atomic mass is 9.68. The Hall–Kier alpha value is -1.81. The lowest BCUT2D eigenvalue weighted by Gasteiger charge is -2.32. The Labute approximate surface area is 113 Å². The first-order chi connectivity index (χ1) is 9.16. The van der Waals surface area contributed by atoms with Crippen LogP contribution in [-0.4, -0.2) is 13.1 Å². The average molecular weight is 258 g/mol. The zero-order valence-corrected chi connectivity index (χ0v) is 11.2. The van der Waals surface area contributed by atoms with E-state index >= 15 is 0 Å². The summed E-state index contributed by atoms with van der Waals surface area (Å²) in [6.45, 7) is 0. The van der Waals surface area contributed by atoms with Crippen molar-refractivity contribution >= 4 is 5.97 Å². The number of esters is 1. The number of rotatable bonds is 2. The van der Waals surface area contributed by atoms with E-state index in [1.165, 1.54) is 19.6 Å². The number of carbonyl (C=O) groups is 1. The highest BCUT2D eigenvalue weighted by molar-refractivity contribution is 5.89. The molecule has 0 aromatic heterocycles. The number of hydrogen-bond acceptors (Lipinski definition) is 4. The smallest absolute Gasteiger partial charge is 0.333 e. The Morgan fingerprint density at radius 1 is 1.32 bits per heavy atom. The van der Waals surface area contributed by atoms with Gasteiger partial charge in [0.1, 0.15) is 0 Å². The highest BCUT2D eigenvalue weighted by Crippen LogP contribution is 2.49. The molecule has 0 heterocycles. The van der Waals surface area contributed by atoms with Crippen LogP contribution in [0.5, 0.6) is 0 Å². The molecule has 0 aromatic carbocycles. The van der Waals surface area contributed by atoms with Crippen molar-refractivity contribution in [2.75, 3.05) is 7.11 Å². The van der Waals surface area contributed by atoms with Crippen LogP contribution >= 0.6 is 0 Å². The molecule has 0 aromatic rings. The maximum atomic E-state index is 11.7. The summed E-state index contributed by atoms with van der Waals surface area (Å²) in [5.74, 6) is -0.100. The van der Waals surface area contributed by atoms with Gasteiger partial charge < -0.3 is 4.74 Å². The lowest BCUT2D eigenvalue weighted by Crippen LogP contribution is -2.30.